The molecule has 1 aliphatic heterocycles. The van der Waals surface area contributed by atoms with E-state index < -0.39 is 0 Å². The molecular weight excluding hydrogens is 465 g/mol. The molecule has 0 bridgehead atoms. The van der Waals surface area contributed by atoms with Crippen molar-refractivity contribution in [3.63, 3.8) is 0 Å². The number of ether oxygens (including phenoxy) is 2. The van der Waals surface area contributed by atoms with Gasteiger partial charge in [0, 0.05) is 5.02 Å². The molecule has 0 atom stereocenters. The normalized spacial score (nSPS) is 14.7. The minimum Gasteiger partial charge on any atom is -0.492 e. The molecule has 0 aromatic heterocycles. The van der Waals surface area contributed by atoms with Crippen molar-refractivity contribution in [1.82, 2.24) is 4.90 Å². The monoisotopic (exact) mass is 483 g/mol. The van der Waals surface area contributed by atoms with E-state index in [1.165, 1.54) is 24.3 Å². The predicted octanol–water partition coefficient (Wildman–Crippen LogP) is 6.17. The summed E-state index contributed by atoms with van der Waals surface area (Å²) >= 11 is 6.77. The SMILES string of the molecule is O=C1S/C(=C\c2ccc(OCc3ccc(Cl)cc3)cc2)C(=O)N1CCOc1ccc(F)cc1. The molecule has 0 unspecified atom stereocenters. The molecular formula is C25H19ClFNO4S. The third-order valence-electron chi connectivity index (χ3n) is 4.77. The average molecular weight is 484 g/mol. The van der Waals surface area contributed by atoms with Crippen LogP contribution in [0.2, 0.25) is 5.02 Å². The molecule has 5 nitrogen and oxygen atoms in total. The van der Waals surface area contributed by atoms with E-state index in [1.807, 2.05) is 48.5 Å². The van der Waals surface area contributed by atoms with Crippen LogP contribution in [0.15, 0.2) is 77.7 Å². The van der Waals surface area contributed by atoms with Gasteiger partial charge in [0.1, 0.15) is 30.5 Å². The van der Waals surface area contributed by atoms with E-state index in [1.54, 1.807) is 6.08 Å². The molecule has 2 amide bonds. The van der Waals surface area contributed by atoms with Crippen molar-refractivity contribution >= 4 is 40.6 Å². The summed E-state index contributed by atoms with van der Waals surface area (Å²) in [5, 5.41) is 0.324. The highest BCUT2D eigenvalue weighted by atomic mass is 35.5. The van der Waals surface area contributed by atoms with Crippen LogP contribution in [0.25, 0.3) is 6.08 Å². The summed E-state index contributed by atoms with van der Waals surface area (Å²) in [7, 11) is 0. The van der Waals surface area contributed by atoms with E-state index in [0.29, 0.717) is 28.0 Å². The van der Waals surface area contributed by atoms with Gasteiger partial charge in [-0.2, -0.15) is 0 Å². The van der Waals surface area contributed by atoms with Gasteiger partial charge in [0.05, 0.1) is 11.4 Å². The number of thioether (sulfide) groups is 1. The van der Waals surface area contributed by atoms with Crippen LogP contribution < -0.4 is 9.47 Å². The first-order valence-corrected chi connectivity index (χ1v) is 11.3. The van der Waals surface area contributed by atoms with E-state index in [4.69, 9.17) is 21.1 Å². The molecule has 8 heteroatoms. The maximum atomic E-state index is 12.9. The quantitative estimate of drug-likeness (QED) is 0.358. The highest BCUT2D eigenvalue weighted by Crippen LogP contribution is 2.32. The summed E-state index contributed by atoms with van der Waals surface area (Å²) < 4.78 is 24.2. The Kier molecular flexibility index (Phi) is 7.32. The Labute approximate surface area is 199 Å². The van der Waals surface area contributed by atoms with Crippen molar-refractivity contribution in [2.75, 3.05) is 13.2 Å². The largest absolute Gasteiger partial charge is 0.492 e. The number of carbonyl (C=O) groups is 2. The predicted molar refractivity (Wildman–Crippen MR) is 127 cm³/mol. The second kappa shape index (κ2) is 10.6. The summed E-state index contributed by atoms with van der Waals surface area (Å²) in [5.41, 5.74) is 1.78. The summed E-state index contributed by atoms with van der Waals surface area (Å²) in [4.78, 5) is 26.4. The Morgan fingerprint density at radius 1 is 0.879 bits per heavy atom. The maximum absolute atomic E-state index is 12.9. The lowest BCUT2D eigenvalue weighted by Crippen LogP contribution is -2.32. The second-order valence-electron chi connectivity index (χ2n) is 7.12. The zero-order valence-corrected chi connectivity index (χ0v) is 18.9. The zero-order valence-electron chi connectivity index (χ0n) is 17.4. The maximum Gasteiger partial charge on any atom is 0.293 e. The van der Waals surface area contributed by atoms with Crippen LogP contribution in [0, 0.1) is 5.82 Å². The van der Waals surface area contributed by atoms with Crippen molar-refractivity contribution < 1.29 is 23.5 Å². The van der Waals surface area contributed by atoms with Gasteiger partial charge in [-0.3, -0.25) is 14.5 Å². The number of halogens is 2. The lowest BCUT2D eigenvalue weighted by atomic mass is 10.2. The highest BCUT2D eigenvalue weighted by Gasteiger charge is 2.34. The molecule has 0 radical (unpaired) electrons. The van der Waals surface area contributed by atoms with Gasteiger partial charge in [0.25, 0.3) is 11.1 Å². The summed E-state index contributed by atoms with van der Waals surface area (Å²) in [6.45, 7) is 0.642. The number of amides is 2. The number of benzene rings is 3. The Bertz CT molecular complexity index is 1160. The van der Waals surface area contributed by atoms with Crippen molar-refractivity contribution in [3.05, 3.63) is 99.7 Å². The molecule has 3 aromatic rings. The fraction of sp³-hybridized carbons (Fsp3) is 0.120. The lowest BCUT2D eigenvalue weighted by molar-refractivity contribution is -0.123. The molecule has 0 aliphatic carbocycles. The van der Waals surface area contributed by atoms with Gasteiger partial charge < -0.3 is 9.47 Å². The van der Waals surface area contributed by atoms with E-state index in [0.717, 1.165) is 27.8 Å². The molecule has 4 rings (SSSR count). The van der Waals surface area contributed by atoms with Crippen molar-refractivity contribution in [1.29, 1.82) is 0 Å². The van der Waals surface area contributed by atoms with Gasteiger partial charge in [-0.1, -0.05) is 35.9 Å². The van der Waals surface area contributed by atoms with Gasteiger partial charge >= 0.3 is 0 Å². The average Bonchev–Trinajstić information content (AvgIpc) is 3.08. The summed E-state index contributed by atoms with van der Waals surface area (Å²) in [6, 6.07) is 20.2. The van der Waals surface area contributed by atoms with Crippen molar-refractivity contribution in [2.24, 2.45) is 0 Å². The molecule has 1 fully saturated rings. The first-order valence-electron chi connectivity index (χ1n) is 10.1. The minimum absolute atomic E-state index is 0.108. The molecule has 0 spiro atoms. The minimum atomic E-state index is -0.365. The van der Waals surface area contributed by atoms with E-state index in [9.17, 15) is 14.0 Å². The molecule has 3 aromatic carbocycles. The number of hydrogen-bond donors (Lipinski definition) is 0. The fourth-order valence-corrected chi connectivity index (χ4v) is 4.03. The molecule has 33 heavy (non-hydrogen) atoms. The van der Waals surface area contributed by atoms with Gasteiger partial charge in [0.15, 0.2) is 0 Å². The second-order valence-corrected chi connectivity index (χ2v) is 8.55. The fourth-order valence-electron chi connectivity index (χ4n) is 3.04. The molecule has 1 heterocycles. The Balaban J connectivity index is 1.31. The third-order valence-corrected chi connectivity index (χ3v) is 5.93. The van der Waals surface area contributed by atoms with Crippen molar-refractivity contribution in [3.8, 4) is 11.5 Å². The smallest absolute Gasteiger partial charge is 0.293 e. The number of nitrogens with zero attached hydrogens (tertiary/aromatic N) is 1. The van der Waals surface area contributed by atoms with Crippen LogP contribution in [0.4, 0.5) is 9.18 Å². The van der Waals surface area contributed by atoms with E-state index >= 15 is 0 Å². The highest BCUT2D eigenvalue weighted by molar-refractivity contribution is 8.18. The first-order chi connectivity index (χ1) is 16.0. The van der Waals surface area contributed by atoms with Gasteiger partial charge in [-0.25, -0.2) is 4.39 Å². The molecule has 0 saturated carbocycles. The van der Waals surface area contributed by atoms with Crippen LogP contribution in [-0.2, 0) is 11.4 Å². The van der Waals surface area contributed by atoms with Crippen LogP contribution in [0.1, 0.15) is 11.1 Å². The van der Waals surface area contributed by atoms with E-state index in [-0.39, 0.29) is 30.1 Å². The standard InChI is InChI=1S/C25H19ClFNO4S/c26-19-5-1-18(2-6-19)16-32-22-9-3-17(4-10-22)15-23-24(29)28(25(30)33-23)13-14-31-21-11-7-20(27)8-12-21/h1-12,15H,13-14,16H2/b23-15-. The Morgan fingerprint density at radius 3 is 2.21 bits per heavy atom. The Hall–Kier alpha value is -3.29. The zero-order chi connectivity index (χ0) is 23.2. The number of imide groups is 1. The third kappa shape index (κ3) is 6.15. The molecule has 1 saturated heterocycles. The van der Waals surface area contributed by atoms with Crippen LogP contribution >= 0.6 is 23.4 Å². The topological polar surface area (TPSA) is 55.8 Å². The van der Waals surface area contributed by atoms with Crippen LogP contribution in [0.5, 0.6) is 11.5 Å². The first kappa shape index (κ1) is 22.9. The van der Waals surface area contributed by atoms with Crippen LogP contribution in [0.3, 0.4) is 0 Å². The van der Waals surface area contributed by atoms with Gasteiger partial charge in [-0.15, -0.1) is 0 Å². The Morgan fingerprint density at radius 2 is 1.52 bits per heavy atom. The number of carbonyl (C=O) groups excluding carboxylic acids is 2. The van der Waals surface area contributed by atoms with E-state index in [2.05, 4.69) is 0 Å². The molecule has 168 valence electrons. The number of rotatable bonds is 8. The molecule has 1 aliphatic rings. The van der Waals surface area contributed by atoms with Gasteiger partial charge in [0.2, 0.25) is 0 Å². The lowest BCUT2D eigenvalue weighted by Gasteiger charge is -2.13. The van der Waals surface area contributed by atoms with Crippen LogP contribution in [-0.4, -0.2) is 29.2 Å². The summed E-state index contributed by atoms with van der Waals surface area (Å²) in [5.74, 6) is 0.431. The number of hydrogen-bond acceptors (Lipinski definition) is 5. The van der Waals surface area contributed by atoms with Gasteiger partial charge in [-0.05, 0) is 77.5 Å². The summed E-state index contributed by atoms with van der Waals surface area (Å²) in [6.07, 6.45) is 1.68. The van der Waals surface area contributed by atoms with Crippen molar-refractivity contribution in [2.45, 2.75) is 6.61 Å². The molecule has 0 N–H and O–H groups in total.